The van der Waals surface area contributed by atoms with Gasteiger partial charge in [-0.25, -0.2) is 4.99 Å². The van der Waals surface area contributed by atoms with E-state index in [4.69, 9.17) is 11.6 Å². The third-order valence-corrected chi connectivity index (χ3v) is 7.42. The molecule has 1 unspecified atom stereocenters. The number of halogens is 1. The minimum atomic E-state index is -0.653. The highest BCUT2D eigenvalue weighted by atomic mass is 35.5. The molecule has 0 bridgehead atoms. The molecule has 4 aromatic rings. The van der Waals surface area contributed by atoms with E-state index >= 15 is 0 Å². The summed E-state index contributed by atoms with van der Waals surface area (Å²) in [5.41, 5.74) is 4.87. The van der Waals surface area contributed by atoms with E-state index in [1.165, 1.54) is 11.3 Å². The molecule has 1 amide bonds. The maximum atomic E-state index is 13.7. The van der Waals surface area contributed by atoms with E-state index in [0.717, 1.165) is 22.4 Å². The molecule has 1 atom stereocenters. The van der Waals surface area contributed by atoms with Gasteiger partial charge < -0.3 is 5.32 Å². The Morgan fingerprint density at radius 2 is 1.83 bits per heavy atom. The number of anilines is 1. The maximum absolute atomic E-state index is 13.7. The van der Waals surface area contributed by atoms with Gasteiger partial charge in [0.2, 0.25) is 0 Å². The van der Waals surface area contributed by atoms with Crippen molar-refractivity contribution in [2.75, 3.05) is 5.32 Å². The number of fused-ring (bicyclic) bond motifs is 1. The first-order valence-corrected chi connectivity index (χ1v) is 12.6. The molecule has 36 heavy (non-hydrogen) atoms. The van der Waals surface area contributed by atoms with Crippen LogP contribution in [0.2, 0.25) is 5.02 Å². The van der Waals surface area contributed by atoms with Gasteiger partial charge in [0.25, 0.3) is 11.5 Å². The summed E-state index contributed by atoms with van der Waals surface area (Å²) < 4.78 is 3.84. The fraction of sp³-hybridized carbons (Fsp3) is 0.185. The summed E-state index contributed by atoms with van der Waals surface area (Å²) in [4.78, 5) is 32.6. The van der Waals surface area contributed by atoms with E-state index < -0.39 is 6.04 Å². The lowest BCUT2D eigenvalue weighted by molar-refractivity contribution is -0.113. The van der Waals surface area contributed by atoms with Crippen molar-refractivity contribution in [1.29, 1.82) is 0 Å². The Balaban J connectivity index is 1.69. The second-order valence-corrected chi connectivity index (χ2v) is 10.2. The summed E-state index contributed by atoms with van der Waals surface area (Å²) in [6.45, 7) is 5.64. The highest BCUT2D eigenvalue weighted by Crippen LogP contribution is 2.31. The van der Waals surface area contributed by atoms with E-state index in [1.54, 1.807) is 28.3 Å². The standard InChI is InChI=1S/C27H24ClN5O2S/c1-15-7-5-6-8-21(15)30-25(34)23-17(3)29-27-33(24(23)18-9-11-20(28)12-10-18)26(35)22(36-27)13-19-14-32(4)31-16(19)2/h5-14,24H,1-4H3,(H,30,34). The van der Waals surface area contributed by atoms with E-state index in [2.05, 4.69) is 15.4 Å². The number of hydrogen-bond acceptors (Lipinski definition) is 5. The number of allylic oxidation sites excluding steroid dienone is 1. The highest BCUT2D eigenvalue weighted by Gasteiger charge is 2.32. The normalized spacial score (nSPS) is 15.6. The lowest BCUT2D eigenvalue weighted by atomic mass is 9.95. The average Bonchev–Trinajstić information content (AvgIpc) is 3.32. The van der Waals surface area contributed by atoms with Crippen LogP contribution in [0.4, 0.5) is 5.69 Å². The first-order chi connectivity index (χ1) is 17.2. The molecule has 2 aromatic carbocycles. The van der Waals surface area contributed by atoms with Crippen LogP contribution in [0, 0.1) is 13.8 Å². The molecule has 1 aliphatic heterocycles. The second-order valence-electron chi connectivity index (χ2n) is 8.75. The number of aromatic nitrogens is 3. The molecule has 0 fully saturated rings. The minimum Gasteiger partial charge on any atom is -0.322 e. The fourth-order valence-electron chi connectivity index (χ4n) is 4.38. The van der Waals surface area contributed by atoms with E-state index in [0.29, 0.717) is 31.3 Å². The summed E-state index contributed by atoms with van der Waals surface area (Å²) >= 11 is 7.46. The number of nitrogens with zero attached hydrogens (tertiary/aromatic N) is 4. The van der Waals surface area contributed by atoms with E-state index in [9.17, 15) is 9.59 Å². The molecule has 0 spiro atoms. The topological polar surface area (TPSA) is 81.3 Å². The Labute approximate surface area is 216 Å². The van der Waals surface area contributed by atoms with Crippen molar-refractivity contribution in [3.63, 3.8) is 0 Å². The minimum absolute atomic E-state index is 0.212. The molecule has 3 heterocycles. The number of hydrogen-bond donors (Lipinski definition) is 1. The number of para-hydroxylation sites is 1. The first-order valence-electron chi connectivity index (χ1n) is 11.4. The Morgan fingerprint density at radius 3 is 2.50 bits per heavy atom. The van der Waals surface area contributed by atoms with Gasteiger partial charge in [-0.05, 0) is 56.2 Å². The third kappa shape index (κ3) is 4.34. The zero-order chi connectivity index (χ0) is 25.6. The molecule has 5 rings (SSSR count). The molecule has 0 saturated heterocycles. The Bertz CT molecular complexity index is 1710. The van der Waals surface area contributed by atoms with Crippen LogP contribution in [0.15, 0.2) is 75.8 Å². The van der Waals surface area contributed by atoms with Crippen molar-refractivity contribution >= 4 is 40.6 Å². The summed E-state index contributed by atoms with van der Waals surface area (Å²) in [7, 11) is 1.84. The van der Waals surface area contributed by atoms with Crippen LogP contribution in [-0.2, 0) is 11.8 Å². The first kappa shape index (κ1) is 24.0. The van der Waals surface area contributed by atoms with Crippen LogP contribution in [0.5, 0.6) is 0 Å². The predicted molar refractivity (Wildman–Crippen MR) is 143 cm³/mol. The second kappa shape index (κ2) is 9.37. The SMILES string of the molecule is CC1=C(C(=O)Nc2ccccc2C)C(c2ccc(Cl)cc2)n2c(sc(=Cc3cn(C)nc3C)c2=O)=N1. The Morgan fingerprint density at radius 1 is 1.11 bits per heavy atom. The van der Waals surface area contributed by atoms with Gasteiger partial charge in [-0.2, -0.15) is 5.10 Å². The largest absolute Gasteiger partial charge is 0.322 e. The molecule has 1 aliphatic rings. The molecule has 0 saturated carbocycles. The number of amides is 1. The third-order valence-electron chi connectivity index (χ3n) is 6.18. The van der Waals surface area contributed by atoms with Crippen LogP contribution in [0.1, 0.15) is 35.3 Å². The van der Waals surface area contributed by atoms with Gasteiger partial charge in [0, 0.05) is 29.5 Å². The predicted octanol–water partition coefficient (Wildman–Crippen LogP) is 3.88. The zero-order valence-corrected chi connectivity index (χ0v) is 21.8. The molecule has 7 nitrogen and oxygen atoms in total. The number of aryl methyl sites for hydroxylation is 3. The fourth-order valence-corrected chi connectivity index (χ4v) is 5.54. The lowest BCUT2D eigenvalue weighted by Gasteiger charge is -2.25. The molecular formula is C27H24ClN5O2S. The van der Waals surface area contributed by atoms with Gasteiger partial charge in [-0.3, -0.25) is 18.8 Å². The highest BCUT2D eigenvalue weighted by molar-refractivity contribution is 7.07. The van der Waals surface area contributed by atoms with E-state index in [1.807, 2.05) is 69.6 Å². The lowest BCUT2D eigenvalue weighted by Crippen LogP contribution is -2.40. The maximum Gasteiger partial charge on any atom is 0.271 e. The number of carbonyl (C=O) groups is 1. The Kier molecular flexibility index (Phi) is 6.24. The van der Waals surface area contributed by atoms with Gasteiger partial charge in [0.15, 0.2) is 4.80 Å². The number of rotatable bonds is 4. The molecular weight excluding hydrogens is 494 g/mol. The van der Waals surface area contributed by atoms with E-state index in [-0.39, 0.29) is 11.5 Å². The smallest absolute Gasteiger partial charge is 0.271 e. The summed E-state index contributed by atoms with van der Waals surface area (Å²) in [5, 5.41) is 7.96. The van der Waals surface area contributed by atoms with Crippen LogP contribution in [-0.4, -0.2) is 20.3 Å². The number of nitrogens with one attached hydrogen (secondary N) is 1. The summed E-state index contributed by atoms with van der Waals surface area (Å²) in [6.07, 6.45) is 3.70. The van der Waals surface area contributed by atoms with Gasteiger partial charge >= 0.3 is 0 Å². The molecule has 1 N–H and O–H groups in total. The summed E-state index contributed by atoms with van der Waals surface area (Å²) in [5.74, 6) is -0.303. The van der Waals surface area contributed by atoms with Gasteiger partial charge in [-0.1, -0.05) is 53.3 Å². The summed E-state index contributed by atoms with van der Waals surface area (Å²) in [6, 6.07) is 14.1. The number of carbonyl (C=O) groups excluding carboxylic acids is 1. The molecule has 0 radical (unpaired) electrons. The molecule has 9 heteroatoms. The van der Waals surface area contributed by atoms with Gasteiger partial charge in [0.05, 0.1) is 27.5 Å². The molecule has 0 aliphatic carbocycles. The molecule has 2 aromatic heterocycles. The van der Waals surface area contributed by atoms with Gasteiger partial charge in [0.1, 0.15) is 0 Å². The van der Waals surface area contributed by atoms with Crippen molar-refractivity contribution in [3.8, 4) is 0 Å². The monoisotopic (exact) mass is 517 g/mol. The average molecular weight is 518 g/mol. The van der Waals surface area contributed by atoms with Crippen LogP contribution in [0.25, 0.3) is 6.08 Å². The van der Waals surface area contributed by atoms with Crippen LogP contribution >= 0.6 is 22.9 Å². The quantitative estimate of drug-likeness (QED) is 0.446. The molecule has 182 valence electrons. The van der Waals surface area contributed by atoms with Crippen LogP contribution in [0.3, 0.4) is 0 Å². The number of benzene rings is 2. The Hall–Kier alpha value is -3.75. The van der Waals surface area contributed by atoms with Crippen LogP contribution < -0.4 is 20.2 Å². The van der Waals surface area contributed by atoms with Gasteiger partial charge in [-0.15, -0.1) is 0 Å². The number of thiazole rings is 1. The van der Waals surface area contributed by atoms with Crippen molar-refractivity contribution in [2.24, 2.45) is 12.0 Å². The van der Waals surface area contributed by atoms with Crippen molar-refractivity contribution in [3.05, 3.63) is 113 Å². The zero-order valence-electron chi connectivity index (χ0n) is 20.2. The van der Waals surface area contributed by atoms with Crippen molar-refractivity contribution < 1.29 is 4.79 Å². The van der Waals surface area contributed by atoms with Crippen molar-refractivity contribution in [2.45, 2.75) is 26.8 Å². The van der Waals surface area contributed by atoms with Crippen molar-refractivity contribution in [1.82, 2.24) is 14.3 Å².